The minimum Gasteiger partial charge on any atom is -0.481 e. The van der Waals surface area contributed by atoms with E-state index in [0.29, 0.717) is 0 Å². The van der Waals surface area contributed by atoms with Crippen molar-refractivity contribution in [3.8, 4) is 0 Å². The number of rotatable bonds is 5. The molecule has 2 aromatic carbocycles. The maximum absolute atomic E-state index is 13.0. The third-order valence-electron chi connectivity index (χ3n) is 5.74. The van der Waals surface area contributed by atoms with Gasteiger partial charge in [-0.05, 0) is 29.2 Å². The molecule has 2 N–H and O–H groups in total. The Bertz CT molecular complexity index is 906. The van der Waals surface area contributed by atoms with E-state index in [1.807, 2.05) is 48.5 Å². The van der Waals surface area contributed by atoms with Gasteiger partial charge in [-0.2, -0.15) is 0 Å². The average Bonchev–Trinajstić information content (AvgIpc) is 2.71. The monoisotopic (exact) mass is 379 g/mol. The van der Waals surface area contributed by atoms with Crippen molar-refractivity contribution in [1.29, 1.82) is 0 Å². The molecule has 3 aliphatic rings. The van der Waals surface area contributed by atoms with Gasteiger partial charge in [0.1, 0.15) is 6.54 Å². The topological polar surface area (TPSA) is 92.7 Å². The van der Waals surface area contributed by atoms with Crippen LogP contribution >= 0.6 is 0 Å². The van der Waals surface area contributed by atoms with Crippen LogP contribution in [0.1, 0.15) is 41.0 Å². The van der Waals surface area contributed by atoms with Crippen LogP contribution < -0.4 is 5.32 Å². The molecule has 2 bridgehead atoms. The first kappa shape index (κ1) is 18.2. The Morgan fingerprint density at radius 1 is 0.893 bits per heavy atom. The van der Waals surface area contributed by atoms with Crippen LogP contribution in [0.5, 0.6) is 0 Å². The summed E-state index contributed by atoms with van der Waals surface area (Å²) in [4.78, 5) is 36.9. The highest BCUT2D eigenvalue weighted by Crippen LogP contribution is 2.58. The van der Waals surface area contributed by atoms with E-state index in [0.717, 1.165) is 22.3 Å². The number of carboxylic acids is 1. The molecule has 0 spiro atoms. The lowest BCUT2D eigenvalue weighted by atomic mass is 9.54. The summed E-state index contributed by atoms with van der Waals surface area (Å²) in [5.41, 5.74) is 3.90. The molecule has 5 rings (SSSR count). The van der Waals surface area contributed by atoms with Gasteiger partial charge in [-0.15, -0.1) is 0 Å². The molecule has 28 heavy (non-hydrogen) atoms. The minimum atomic E-state index is -1.00. The van der Waals surface area contributed by atoms with Crippen molar-refractivity contribution in [2.75, 3.05) is 13.2 Å². The maximum Gasteiger partial charge on any atom is 0.325 e. The molecular formula is C22H21NO5. The van der Waals surface area contributed by atoms with Crippen molar-refractivity contribution in [3.63, 3.8) is 0 Å². The Labute approximate surface area is 162 Å². The van der Waals surface area contributed by atoms with Gasteiger partial charge >= 0.3 is 11.9 Å². The Hall–Kier alpha value is -3.15. The fraction of sp³-hybridized carbons (Fsp3) is 0.318. The first-order chi connectivity index (χ1) is 13.5. The second-order valence-corrected chi connectivity index (χ2v) is 7.13. The van der Waals surface area contributed by atoms with Crippen molar-refractivity contribution >= 4 is 17.8 Å². The van der Waals surface area contributed by atoms with E-state index < -0.39 is 35.6 Å². The predicted octanol–water partition coefficient (Wildman–Crippen LogP) is 2.27. The zero-order chi connectivity index (χ0) is 19.8. The van der Waals surface area contributed by atoms with Crippen LogP contribution in [0, 0.1) is 11.8 Å². The van der Waals surface area contributed by atoms with Crippen LogP contribution in [0.2, 0.25) is 0 Å². The minimum absolute atomic E-state index is 0.224. The molecule has 144 valence electrons. The second kappa shape index (κ2) is 7.11. The smallest absolute Gasteiger partial charge is 0.325 e. The summed E-state index contributed by atoms with van der Waals surface area (Å²) < 4.78 is 4.86. The molecule has 0 aromatic heterocycles. The summed E-state index contributed by atoms with van der Waals surface area (Å²) in [5.74, 6) is -4.41. The number of carboxylic acid groups (broad SMARTS) is 1. The van der Waals surface area contributed by atoms with Gasteiger partial charge in [-0.1, -0.05) is 48.5 Å². The number of carbonyl (C=O) groups is 3. The van der Waals surface area contributed by atoms with Crippen LogP contribution in [0.4, 0.5) is 0 Å². The summed E-state index contributed by atoms with van der Waals surface area (Å²) >= 11 is 0. The lowest BCUT2D eigenvalue weighted by Gasteiger charge is -2.48. The SMILES string of the molecule is CCOC(=O)CNC(=O)[C@H]1C2c3ccccc3C(c3ccccc32)[C@H]1C(=O)O. The summed E-state index contributed by atoms with van der Waals surface area (Å²) in [6, 6.07) is 15.4. The number of esters is 1. The highest BCUT2D eigenvalue weighted by Gasteiger charge is 2.55. The number of hydrogen-bond acceptors (Lipinski definition) is 4. The Morgan fingerprint density at radius 2 is 1.36 bits per heavy atom. The standard InChI is InChI=1S/C22H21NO5/c1-2-28-16(24)11-23-21(25)19-17-12-7-3-5-9-14(12)18(20(19)22(26)27)15-10-6-4-8-13(15)17/h3-10,17-20H,2,11H2,1H3,(H,23,25)(H,26,27)/t17?,18?,19-,20+/m0/s1. The highest BCUT2D eigenvalue weighted by atomic mass is 16.5. The molecule has 0 radical (unpaired) electrons. The molecule has 0 aliphatic heterocycles. The number of nitrogens with one attached hydrogen (secondary N) is 1. The molecular weight excluding hydrogens is 358 g/mol. The zero-order valence-corrected chi connectivity index (χ0v) is 15.4. The molecule has 6 nitrogen and oxygen atoms in total. The molecule has 3 aliphatic carbocycles. The zero-order valence-electron chi connectivity index (χ0n) is 15.4. The lowest BCUT2D eigenvalue weighted by molar-refractivity contribution is -0.150. The summed E-state index contributed by atoms with van der Waals surface area (Å²) in [6.07, 6.45) is 0. The molecule has 0 saturated carbocycles. The van der Waals surface area contributed by atoms with E-state index in [1.165, 1.54) is 0 Å². The third-order valence-corrected chi connectivity index (χ3v) is 5.74. The highest BCUT2D eigenvalue weighted by molar-refractivity contribution is 5.91. The van der Waals surface area contributed by atoms with Gasteiger partial charge in [0.25, 0.3) is 0 Å². The van der Waals surface area contributed by atoms with Gasteiger partial charge in [-0.3, -0.25) is 14.4 Å². The fourth-order valence-corrected chi connectivity index (χ4v) is 4.78. The Morgan fingerprint density at radius 3 is 1.79 bits per heavy atom. The number of hydrogen-bond donors (Lipinski definition) is 2. The van der Waals surface area contributed by atoms with E-state index in [9.17, 15) is 19.5 Å². The van der Waals surface area contributed by atoms with E-state index in [2.05, 4.69) is 5.32 Å². The number of amides is 1. The van der Waals surface area contributed by atoms with Crippen molar-refractivity contribution in [2.45, 2.75) is 18.8 Å². The Kier molecular flexibility index (Phi) is 4.63. The average molecular weight is 379 g/mol. The van der Waals surface area contributed by atoms with Crippen LogP contribution in [0.25, 0.3) is 0 Å². The predicted molar refractivity (Wildman–Crippen MR) is 101 cm³/mol. The first-order valence-corrected chi connectivity index (χ1v) is 9.38. The van der Waals surface area contributed by atoms with Crippen molar-refractivity contribution < 1.29 is 24.2 Å². The molecule has 1 amide bonds. The van der Waals surface area contributed by atoms with Crippen LogP contribution in [-0.2, 0) is 19.1 Å². The van der Waals surface area contributed by atoms with Crippen LogP contribution in [-0.4, -0.2) is 36.1 Å². The van der Waals surface area contributed by atoms with E-state index in [4.69, 9.17) is 4.74 Å². The Balaban J connectivity index is 1.78. The number of benzene rings is 2. The molecule has 0 fully saturated rings. The quantitative estimate of drug-likeness (QED) is 0.778. The van der Waals surface area contributed by atoms with E-state index in [-0.39, 0.29) is 19.1 Å². The molecule has 0 heterocycles. The van der Waals surface area contributed by atoms with Crippen molar-refractivity contribution in [1.82, 2.24) is 5.32 Å². The second-order valence-electron chi connectivity index (χ2n) is 7.13. The lowest BCUT2D eigenvalue weighted by Crippen LogP contribution is -2.50. The molecule has 2 aromatic rings. The summed E-state index contributed by atoms with van der Waals surface area (Å²) in [6.45, 7) is 1.64. The number of fused-ring (bicyclic) bond motifs is 1. The number of carbonyl (C=O) groups excluding carboxylic acids is 2. The maximum atomic E-state index is 13.0. The normalized spacial score (nSPS) is 24.0. The van der Waals surface area contributed by atoms with E-state index >= 15 is 0 Å². The van der Waals surface area contributed by atoms with Gasteiger partial charge in [-0.25, -0.2) is 0 Å². The van der Waals surface area contributed by atoms with Gasteiger partial charge in [0.05, 0.1) is 18.4 Å². The molecule has 0 unspecified atom stereocenters. The number of aliphatic carboxylic acids is 1. The van der Waals surface area contributed by atoms with Crippen LogP contribution in [0.3, 0.4) is 0 Å². The van der Waals surface area contributed by atoms with Crippen molar-refractivity contribution in [3.05, 3.63) is 70.8 Å². The van der Waals surface area contributed by atoms with Gasteiger partial charge in [0, 0.05) is 11.8 Å². The third kappa shape index (κ3) is 2.76. The van der Waals surface area contributed by atoms with Gasteiger partial charge in [0.15, 0.2) is 0 Å². The first-order valence-electron chi connectivity index (χ1n) is 9.38. The summed E-state index contributed by atoms with van der Waals surface area (Å²) in [5, 5.41) is 12.6. The van der Waals surface area contributed by atoms with Crippen molar-refractivity contribution in [2.24, 2.45) is 11.8 Å². The van der Waals surface area contributed by atoms with E-state index in [1.54, 1.807) is 6.92 Å². The van der Waals surface area contributed by atoms with Crippen LogP contribution in [0.15, 0.2) is 48.5 Å². The van der Waals surface area contributed by atoms with Gasteiger partial charge < -0.3 is 15.2 Å². The number of ether oxygens (including phenoxy) is 1. The molecule has 0 saturated heterocycles. The van der Waals surface area contributed by atoms with Gasteiger partial charge in [0.2, 0.25) is 5.91 Å². The fourth-order valence-electron chi connectivity index (χ4n) is 4.78. The molecule has 6 heteroatoms. The largest absolute Gasteiger partial charge is 0.481 e. The summed E-state index contributed by atoms with van der Waals surface area (Å²) in [7, 11) is 0. The molecule has 2 atom stereocenters.